The number of Topliss-reactive ketones (excluding diaryl/α,β-unsaturated/α-hetero) is 3. The third-order valence-electron chi connectivity index (χ3n) is 5.33. The van der Waals surface area contributed by atoms with Crippen molar-refractivity contribution in [3.8, 4) is 0 Å². The summed E-state index contributed by atoms with van der Waals surface area (Å²) in [6.45, 7) is 2.36. The van der Waals surface area contributed by atoms with Crippen LogP contribution in [-0.4, -0.2) is 36.8 Å². The molecule has 0 N–H and O–H groups in total. The number of aldehydes is 1. The van der Waals surface area contributed by atoms with Gasteiger partial charge in [0.05, 0.1) is 5.41 Å². The highest BCUT2D eigenvalue weighted by atomic mass is 35.5. The van der Waals surface area contributed by atoms with Gasteiger partial charge >= 0.3 is 0 Å². The maximum absolute atomic E-state index is 13.3. The molecule has 1 aromatic rings. The van der Waals surface area contributed by atoms with Gasteiger partial charge in [0, 0.05) is 36.1 Å². The summed E-state index contributed by atoms with van der Waals surface area (Å²) >= 11 is 6.05. The Balaban J connectivity index is 2.14. The Morgan fingerprint density at radius 3 is 2.68 bits per heavy atom. The van der Waals surface area contributed by atoms with Crippen LogP contribution >= 0.6 is 11.6 Å². The minimum Gasteiger partial charge on any atom is -0.381 e. The van der Waals surface area contributed by atoms with Crippen LogP contribution in [0.3, 0.4) is 0 Å². The van der Waals surface area contributed by atoms with Crippen LogP contribution in [0, 0.1) is 11.8 Å². The molecule has 5 nitrogen and oxygen atoms in total. The summed E-state index contributed by atoms with van der Waals surface area (Å²) < 4.78 is 5.40. The van der Waals surface area contributed by atoms with Gasteiger partial charge in [0.25, 0.3) is 0 Å². The van der Waals surface area contributed by atoms with Crippen molar-refractivity contribution in [2.45, 2.75) is 31.6 Å². The van der Waals surface area contributed by atoms with E-state index in [4.69, 9.17) is 16.3 Å². The summed E-state index contributed by atoms with van der Waals surface area (Å²) in [4.78, 5) is 49.7. The van der Waals surface area contributed by atoms with Crippen molar-refractivity contribution in [2.24, 2.45) is 11.8 Å². The van der Waals surface area contributed by atoms with Crippen molar-refractivity contribution in [3.05, 3.63) is 34.3 Å². The Labute approximate surface area is 150 Å². The van der Waals surface area contributed by atoms with Gasteiger partial charge in [0.15, 0.2) is 17.3 Å². The maximum Gasteiger partial charge on any atom is 0.181 e. The summed E-state index contributed by atoms with van der Waals surface area (Å²) in [6.07, 6.45) is 1.49. The standard InChI is InChI=1S/C19H19ClO5/c1-11(4-7-21)16(22)15-17(23)13-10-12(20)2-3-14(13)19(18(15)24)5-8-25-9-6-19/h2-3,7,10-11,15H,4-6,8-9H2,1H3. The van der Waals surface area contributed by atoms with Crippen LogP contribution < -0.4 is 0 Å². The molecule has 6 heteroatoms. The Morgan fingerprint density at radius 2 is 2.04 bits per heavy atom. The van der Waals surface area contributed by atoms with Crippen molar-refractivity contribution in [3.63, 3.8) is 0 Å². The molecule has 0 amide bonds. The third kappa shape index (κ3) is 2.85. The topological polar surface area (TPSA) is 77.5 Å². The maximum atomic E-state index is 13.3. The van der Waals surface area contributed by atoms with Crippen LogP contribution in [0.2, 0.25) is 5.02 Å². The van der Waals surface area contributed by atoms with Crippen LogP contribution in [0.1, 0.15) is 42.1 Å². The fourth-order valence-electron chi connectivity index (χ4n) is 3.86. The fourth-order valence-corrected chi connectivity index (χ4v) is 4.03. The highest BCUT2D eigenvalue weighted by molar-refractivity contribution is 6.33. The first-order valence-electron chi connectivity index (χ1n) is 8.36. The lowest BCUT2D eigenvalue weighted by molar-refractivity contribution is -0.139. The zero-order valence-electron chi connectivity index (χ0n) is 13.9. The number of rotatable bonds is 4. The van der Waals surface area contributed by atoms with E-state index in [2.05, 4.69) is 0 Å². The Hall–Kier alpha value is -1.85. The first-order valence-corrected chi connectivity index (χ1v) is 8.74. The largest absolute Gasteiger partial charge is 0.381 e. The van der Waals surface area contributed by atoms with Gasteiger partial charge in [-0.25, -0.2) is 0 Å². The average Bonchev–Trinajstić information content (AvgIpc) is 2.61. The molecule has 0 aromatic heterocycles. The number of ketones is 3. The van der Waals surface area contributed by atoms with Crippen LogP contribution in [0.25, 0.3) is 0 Å². The smallest absolute Gasteiger partial charge is 0.181 e. The third-order valence-corrected chi connectivity index (χ3v) is 5.56. The minimum absolute atomic E-state index is 0.00555. The first-order chi connectivity index (χ1) is 11.9. The Bertz CT molecular complexity index is 748. The number of hydrogen-bond acceptors (Lipinski definition) is 5. The number of carbonyl (C=O) groups is 4. The Morgan fingerprint density at radius 1 is 1.36 bits per heavy atom. The molecule has 3 rings (SSSR count). The van der Waals surface area contributed by atoms with Crippen LogP contribution in [-0.2, 0) is 24.5 Å². The molecule has 1 aliphatic carbocycles. The SMILES string of the molecule is CC(CC=O)C(=O)C1C(=O)c2cc(Cl)ccc2C2(CCOCC2)C1=O. The second kappa shape index (κ2) is 6.81. The molecule has 1 saturated heterocycles. The van der Waals surface area contributed by atoms with Gasteiger partial charge in [-0.3, -0.25) is 14.4 Å². The van der Waals surface area contributed by atoms with Gasteiger partial charge in [-0.2, -0.15) is 0 Å². The number of carbonyl (C=O) groups excluding carboxylic acids is 4. The zero-order valence-corrected chi connectivity index (χ0v) is 14.7. The molecule has 2 unspecified atom stereocenters. The van der Waals surface area contributed by atoms with Gasteiger partial charge in [0.1, 0.15) is 12.2 Å². The summed E-state index contributed by atoms with van der Waals surface area (Å²) in [5, 5.41) is 0.385. The molecular formula is C19H19ClO5. The summed E-state index contributed by atoms with van der Waals surface area (Å²) in [5.74, 6) is -3.40. The normalized spacial score (nSPS) is 23.2. The molecule has 2 atom stereocenters. The van der Waals surface area contributed by atoms with Crippen LogP contribution in [0.4, 0.5) is 0 Å². The van der Waals surface area contributed by atoms with E-state index < -0.39 is 28.8 Å². The highest BCUT2D eigenvalue weighted by Gasteiger charge is 2.54. The summed E-state index contributed by atoms with van der Waals surface area (Å²) in [7, 11) is 0. The molecular weight excluding hydrogens is 344 g/mol. The van der Waals surface area contributed by atoms with Gasteiger partial charge < -0.3 is 9.53 Å². The molecule has 2 aliphatic rings. The van der Waals surface area contributed by atoms with E-state index in [1.54, 1.807) is 19.1 Å². The quantitative estimate of drug-likeness (QED) is 0.607. The van der Waals surface area contributed by atoms with E-state index in [1.807, 2.05) is 0 Å². The van der Waals surface area contributed by atoms with Gasteiger partial charge in [0.2, 0.25) is 0 Å². The monoisotopic (exact) mass is 362 g/mol. The molecule has 0 saturated carbocycles. The van der Waals surface area contributed by atoms with Crippen molar-refractivity contribution >= 4 is 35.2 Å². The second-order valence-electron chi connectivity index (χ2n) is 6.75. The van der Waals surface area contributed by atoms with Crippen molar-refractivity contribution in [1.82, 2.24) is 0 Å². The van der Waals surface area contributed by atoms with Gasteiger partial charge in [-0.1, -0.05) is 24.6 Å². The average molecular weight is 363 g/mol. The molecule has 1 heterocycles. The minimum atomic E-state index is -1.36. The van der Waals surface area contributed by atoms with Crippen molar-refractivity contribution in [1.29, 1.82) is 0 Å². The lowest BCUT2D eigenvalue weighted by atomic mass is 9.59. The predicted molar refractivity (Wildman–Crippen MR) is 90.9 cm³/mol. The summed E-state index contributed by atoms with van der Waals surface area (Å²) in [5.41, 5.74) is 0.0840. The van der Waals surface area contributed by atoms with E-state index in [1.165, 1.54) is 6.07 Å². The second-order valence-corrected chi connectivity index (χ2v) is 7.19. The molecule has 1 aromatic carbocycles. The van der Waals surface area contributed by atoms with Gasteiger partial charge in [-0.15, -0.1) is 0 Å². The van der Waals surface area contributed by atoms with Crippen molar-refractivity contribution in [2.75, 3.05) is 13.2 Å². The number of benzene rings is 1. The van der Waals surface area contributed by atoms with E-state index in [0.717, 1.165) is 0 Å². The van der Waals surface area contributed by atoms with E-state index >= 15 is 0 Å². The Kier molecular flexibility index (Phi) is 4.89. The molecule has 0 radical (unpaired) electrons. The molecule has 1 aliphatic heterocycles. The molecule has 25 heavy (non-hydrogen) atoms. The molecule has 1 fully saturated rings. The predicted octanol–water partition coefficient (Wildman–Crippen LogP) is 2.56. The van der Waals surface area contributed by atoms with Crippen molar-refractivity contribution < 1.29 is 23.9 Å². The van der Waals surface area contributed by atoms with Gasteiger partial charge in [-0.05, 0) is 30.5 Å². The number of halogens is 1. The lowest BCUT2D eigenvalue weighted by Gasteiger charge is -2.42. The number of ether oxygens (including phenoxy) is 1. The molecule has 1 spiro atoms. The van der Waals surface area contributed by atoms with Crippen LogP contribution in [0.15, 0.2) is 18.2 Å². The van der Waals surface area contributed by atoms with E-state index in [0.29, 0.717) is 48.5 Å². The lowest BCUT2D eigenvalue weighted by Crippen LogP contribution is -2.53. The van der Waals surface area contributed by atoms with Crippen LogP contribution in [0.5, 0.6) is 0 Å². The fraction of sp³-hybridized carbons (Fsp3) is 0.474. The molecule has 132 valence electrons. The highest BCUT2D eigenvalue weighted by Crippen LogP contribution is 2.45. The van der Waals surface area contributed by atoms with E-state index in [-0.39, 0.29) is 12.2 Å². The first kappa shape index (κ1) is 18.0. The molecule has 0 bridgehead atoms. The number of fused-ring (bicyclic) bond motifs is 2. The zero-order chi connectivity index (χ0) is 18.2. The number of hydrogen-bond donors (Lipinski definition) is 0. The summed E-state index contributed by atoms with van der Waals surface area (Å²) in [6, 6.07) is 4.91. The van der Waals surface area contributed by atoms with E-state index in [9.17, 15) is 19.2 Å².